The average Bonchev–Trinajstić information content (AvgIpc) is 2.60. The minimum absolute atomic E-state index is 1.35. The van der Waals surface area contributed by atoms with Crippen molar-refractivity contribution in [2.45, 2.75) is 0 Å². The molecule has 2 heteroatoms. The van der Waals surface area contributed by atoms with Gasteiger partial charge in [0.1, 0.15) is 0 Å². The van der Waals surface area contributed by atoms with E-state index < -0.39 is 16.2 Å². The Kier molecular flexibility index (Phi) is 4.11. The van der Waals surface area contributed by atoms with Crippen LogP contribution in [0.4, 0.5) is 0 Å². The SMILES string of the molecule is [I][Sb]([c]1cccc2ccccc12)[c]1cccc2ccccc12. The first-order chi connectivity index (χ1) is 10.8. The molecule has 0 aliphatic rings. The van der Waals surface area contributed by atoms with E-state index in [1.54, 1.807) is 7.02 Å². The Bertz CT molecular complexity index is 872. The molecule has 0 spiro atoms. The van der Waals surface area contributed by atoms with Gasteiger partial charge < -0.3 is 0 Å². The number of rotatable bonds is 2. The van der Waals surface area contributed by atoms with E-state index in [0.717, 1.165) is 0 Å². The van der Waals surface area contributed by atoms with Gasteiger partial charge >= 0.3 is 148 Å². The number of fused-ring (bicyclic) bond motifs is 2. The molecule has 0 saturated carbocycles. The fourth-order valence-corrected chi connectivity index (χ4v) is 12.9. The molecule has 0 aromatic heterocycles. The predicted molar refractivity (Wildman–Crippen MR) is 107 cm³/mol. The maximum atomic E-state index is 2.75. The molecule has 0 fully saturated rings. The standard InChI is InChI=1S/2C10H7.HI.Sb/c2*1-2-6-10-8-4-3-7-9(10)5-1;;/h2*1-7H;1H;/q;;;+1/p-1. The van der Waals surface area contributed by atoms with Crippen molar-refractivity contribution in [3.8, 4) is 0 Å². The molecule has 22 heavy (non-hydrogen) atoms. The predicted octanol–water partition coefficient (Wildman–Crippen LogP) is 4.53. The number of halogens is 1. The van der Waals surface area contributed by atoms with Gasteiger partial charge in [0.15, 0.2) is 0 Å². The van der Waals surface area contributed by atoms with E-state index in [-0.39, 0.29) is 0 Å². The third-order valence-corrected chi connectivity index (χ3v) is 15.6. The van der Waals surface area contributed by atoms with E-state index in [4.69, 9.17) is 0 Å². The molecule has 0 bridgehead atoms. The Balaban J connectivity index is 1.94. The normalized spacial score (nSPS) is 11.4. The first-order valence-electron chi connectivity index (χ1n) is 7.26. The van der Waals surface area contributed by atoms with Crippen molar-refractivity contribution in [1.29, 1.82) is 0 Å². The topological polar surface area (TPSA) is 0 Å². The molecule has 0 aliphatic carbocycles. The van der Waals surface area contributed by atoms with Crippen molar-refractivity contribution in [2.75, 3.05) is 0 Å². The molecule has 106 valence electrons. The van der Waals surface area contributed by atoms with Crippen LogP contribution in [0.5, 0.6) is 0 Å². The molecule has 0 atom stereocenters. The second kappa shape index (κ2) is 6.21. The van der Waals surface area contributed by atoms with Gasteiger partial charge in [-0.25, -0.2) is 0 Å². The molecule has 0 aliphatic heterocycles. The third kappa shape index (κ3) is 2.55. The first-order valence-corrected chi connectivity index (χ1v) is 17.2. The van der Waals surface area contributed by atoms with E-state index in [0.29, 0.717) is 0 Å². The van der Waals surface area contributed by atoms with Gasteiger partial charge in [-0.3, -0.25) is 0 Å². The Hall–Kier alpha value is -1.05. The third-order valence-electron chi connectivity index (χ3n) is 3.96. The van der Waals surface area contributed by atoms with Crippen molar-refractivity contribution in [3.05, 3.63) is 84.9 Å². The van der Waals surface area contributed by atoms with Gasteiger partial charge in [-0.15, -0.1) is 0 Å². The molecule has 0 radical (unpaired) electrons. The van der Waals surface area contributed by atoms with E-state index in [1.165, 1.54) is 21.5 Å². The zero-order valence-electron chi connectivity index (χ0n) is 11.9. The van der Waals surface area contributed by atoms with Crippen LogP contribution in [-0.2, 0) is 0 Å². The Labute approximate surface area is 147 Å². The summed E-state index contributed by atoms with van der Waals surface area (Å²) < 4.78 is 3.14. The Morgan fingerprint density at radius 2 is 0.909 bits per heavy atom. The van der Waals surface area contributed by atoms with Crippen molar-refractivity contribution >= 4 is 63.3 Å². The summed E-state index contributed by atoms with van der Waals surface area (Å²) in [5, 5.41) is 5.56. The second-order valence-corrected chi connectivity index (χ2v) is 16.1. The Morgan fingerprint density at radius 1 is 0.500 bits per heavy atom. The summed E-state index contributed by atoms with van der Waals surface area (Å²) in [5.74, 6) is 0. The van der Waals surface area contributed by atoms with Crippen molar-refractivity contribution in [3.63, 3.8) is 0 Å². The number of hydrogen-bond acceptors (Lipinski definition) is 0. The van der Waals surface area contributed by atoms with Gasteiger partial charge in [-0.1, -0.05) is 0 Å². The van der Waals surface area contributed by atoms with Crippen molar-refractivity contribution in [2.24, 2.45) is 0 Å². The van der Waals surface area contributed by atoms with Crippen LogP contribution in [0.15, 0.2) is 84.9 Å². The van der Waals surface area contributed by atoms with Crippen molar-refractivity contribution < 1.29 is 0 Å². The average molecular weight is 503 g/mol. The van der Waals surface area contributed by atoms with E-state index in [1.807, 2.05) is 0 Å². The quantitative estimate of drug-likeness (QED) is 0.279. The van der Waals surface area contributed by atoms with Gasteiger partial charge in [0.25, 0.3) is 0 Å². The first kappa shape index (κ1) is 14.5. The molecule has 4 aromatic rings. The Morgan fingerprint density at radius 3 is 1.41 bits per heavy atom. The molecule has 0 unspecified atom stereocenters. The van der Waals surface area contributed by atoms with Gasteiger partial charge in [-0.2, -0.15) is 0 Å². The molecule has 4 aromatic carbocycles. The summed E-state index contributed by atoms with van der Waals surface area (Å²) in [4.78, 5) is 0. The van der Waals surface area contributed by atoms with Crippen LogP contribution in [0.3, 0.4) is 0 Å². The fourth-order valence-electron chi connectivity index (χ4n) is 2.89. The molecule has 4 rings (SSSR count). The van der Waals surface area contributed by atoms with Crippen LogP contribution >= 0.6 is 18.5 Å². The van der Waals surface area contributed by atoms with Crippen molar-refractivity contribution in [1.82, 2.24) is 0 Å². The zero-order valence-corrected chi connectivity index (χ0v) is 16.6. The molecule has 0 heterocycles. The zero-order chi connectivity index (χ0) is 14.9. The van der Waals surface area contributed by atoms with Crippen LogP contribution in [-0.4, -0.2) is 16.2 Å². The molecule has 0 nitrogen and oxygen atoms in total. The summed E-state index contributed by atoms with van der Waals surface area (Å²) in [6.07, 6.45) is 0. The van der Waals surface area contributed by atoms with Crippen LogP contribution in [0.1, 0.15) is 0 Å². The summed E-state index contributed by atoms with van der Waals surface area (Å²) in [6.45, 7) is 0. The summed E-state index contributed by atoms with van der Waals surface area (Å²) in [7, 11) is 0. The van der Waals surface area contributed by atoms with E-state index >= 15 is 0 Å². The monoisotopic (exact) mass is 502 g/mol. The fraction of sp³-hybridized carbons (Fsp3) is 0. The summed E-state index contributed by atoms with van der Waals surface area (Å²) >= 11 is 0.994. The molecule has 0 amide bonds. The van der Waals surface area contributed by atoms with Crippen LogP contribution in [0.2, 0.25) is 0 Å². The molecule has 0 saturated heterocycles. The van der Waals surface area contributed by atoms with Gasteiger partial charge in [0, 0.05) is 0 Å². The van der Waals surface area contributed by atoms with Crippen LogP contribution in [0.25, 0.3) is 21.5 Å². The van der Waals surface area contributed by atoms with Gasteiger partial charge in [0.2, 0.25) is 0 Å². The summed E-state index contributed by atoms with van der Waals surface area (Å²) in [6, 6.07) is 31.0. The summed E-state index contributed by atoms with van der Waals surface area (Å²) in [5.41, 5.74) is 0. The molecular formula is C20H14ISb. The number of hydrogen-bond donors (Lipinski definition) is 0. The maximum absolute atomic E-state index is 2.75. The molecule has 0 N–H and O–H groups in total. The van der Waals surface area contributed by atoms with E-state index in [9.17, 15) is 0 Å². The minimum atomic E-state index is -1.76. The van der Waals surface area contributed by atoms with Gasteiger partial charge in [-0.05, 0) is 0 Å². The van der Waals surface area contributed by atoms with Crippen LogP contribution in [0, 0.1) is 0 Å². The van der Waals surface area contributed by atoms with Crippen LogP contribution < -0.4 is 7.02 Å². The van der Waals surface area contributed by atoms with E-state index in [2.05, 4.69) is 103 Å². The van der Waals surface area contributed by atoms with Gasteiger partial charge in [0.05, 0.1) is 0 Å². The number of benzene rings is 4. The second-order valence-electron chi connectivity index (χ2n) is 5.28. The molecular weight excluding hydrogens is 489 g/mol.